The van der Waals surface area contributed by atoms with Gasteiger partial charge in [0.05, 0.1) is 6.61 Å². The molecule has 0 saturated carbocycles. The van der Waals surface area contributed by atoms with Gasteiger partial charge in [0.25, 0.3) is 0 Å². The van der Waals surface area contributed by atoms with Gasteiger partial charge in [-0.05, 0) is 52.9 Å². The minimum Gasteiger partial charge on any atom is -0.444 e. The quantitative estimate of drug-likeness (QED) is 0.567. The molecule has 3 atom stereocenters. The van der Waals surface area contributed by atoms with Gasteiger partial charge in [-0.25, -0.2) is 4.79 Å². The summed E-state index contributed by atoms with van der Waals surface area (Å²) in [5.74, 6) is 0.731. The maximum Gasteiger partial charge on any atom is 0.407 e. The Morgan fingerprint density at radius 2 is 1.87 bits per heavy atom. The normalized spacial score (nSPS) is 15.8. The van der Waals surface area contributed by atoms with E-state index in [1.165, 1.54) is 12.8 Å². The topological polar surface area (TPSA) is 59.6 Å². The van der Waals surface area contributed by atoms with Gasteiger partial charge in [-0.15, -0.1) is 0 Å². The highest BCUT2D eigenvalue weighted by Gasteiger charge is 2.16. The van der Waals surface area contributed by atoms with Gasteiger partial charge in [0.1, 0.15) is 5.60 Å². The van der Waals surface area contributed by atoms with E-state index in [9.17, 15) is 4.79 Å². The zero-order valence-corrected chi connectivity index (χ0v) is 16.2. The van der Waals surface area contributed by atoms with Gasteiger partial charge in [-0.1, -0.05) is 20.3 Å². The van der Waals surface area contributed by atoms with Gasteiger partial charge in [0.2, 0.25) is 0 Å². The number of rotatable bonds is 11. The standard InChI is InChI=1S/C18H38N2O3/c1-8-14(2)12-15(3)20-16(13-22-7)10-9-11-19-17(21)23-18(4,5)6/h14-16,20H,8-13H2,1-7H3,(H,19,21). The van der Waals surface area contributed by atoms with E-state index in [0.29, 0.717) is 25.2 Å². The van der Waals surface area contributed by atoms with Crippen LogP contribution in [0.1, 0.15) is 67.2 Å². The molecule has 0 saturated heterocycles. The molecule has 0 aliphatic carbocycles. The smallest absolute Gasteiger partial charge is 0.407 e. The molecule has 5 nitrogen and oxygen atoms in total. The summed E-state index contributed by atoms with van der Waals surface area (Å²) < 4.78 is 10.5. The summed E-state index contributed by atoms with van der Waals surface area (Å²) in [7, 11) is 1.73. The van der Waals surface area contributed by atoms with Crippen molar-refractivity contribution < 1.29 is 14.3 Å². The zero-order chi connectivity index (χ0) is 17.9. The number of hydrogen-bond donors (Lipinski definition) is 2. The molecule has 0 aliphatic rings. The highest BCUT2D eigenvalue weighted by molar-refractivity contribution is 5.67. The molecule has 0 aromatic heterocycles. The van der Waals surface area contributed by atoms with Crippen LogP contribution >= 0.6 is 0 Å². The predicted molar refractivity (Wildman–Crippen MR) is 95.8 cm³/mol. The second-order valence-corrected chi connectivity index (χ2v) is 7.54. The number of alkyl carbamates (subject to hydrolysis) is 1. The molecule has 5 heteroatoms. The average molecular weight is 331 g/mol. The molecule has 0 aliphatic heterocycles. The maximum atomic E-state index is 11.6. The highest BCUT2D eigenvalue weighted by Crippen LogP contribution is 2.11. The maximum absolute atomic E-state index is 11.6. The Morgan fingerprint density at radius 1 is 1.22 bits per heavy atom. The van der Waals surface area contributed by atoms with Crippen molar-refractivity contribution in [2.45, 2.75) is 84.9 Å². The van der Waals surface area contributed by atoms with Crippen molar-refractivity contribution in [1.82, 2.24) is 10.6 Å². The molecule has 0 aromatic rings. The summed E-state index contributed by atoms with van der Waals surface area (Å²) in [6, 6.07) is 0.795. The van der Waals surface area contributed by atoms with Gasteiger partial charge >= 0.3 is 6.09 Å². The number of carbonyl (C=O) groups is 1. The van der Waals surface area contributed by atoms with E-state index >= 15 is 0 Å². The number of carbonyl (C=O) groups excluding carboxylic acids is 1. The molecule has 23 heavy (non-hydrogen) atoms. The number of methoxy groups -OCH3 is 1. The number of amides is 1. The molecule has 0 radical (unpaired) electrons. The largest absolute Gasteiger partial charge is 0.444 e. The van der Waals surface area contributed by atoms with Crippen molar-refractivity contribution in [2.24, 2.45) is 5.92 Å². The first kappa shape index (κ1) is 22.2. The fourth-order valence-corrected chi connectivity index (χ4v) is 2.51. The van der Waals surface area contributed by atoms with Crippen LogP contribution in [0.25, 0.3) is 0 Å². The van der Waals surface area contributed by atoms with Gasteiger partial charge in [-0.3, -0.25) is 0 Å². The van der Waals surface area contributed by atoms with Crippen LogP contribution in [-0.2, 0) is 9.47 Å². The third-order valence-corrected chi connectivity index (χ3v) is 3.74. The number of hydrogen-bond acceptors (Lipinski definition) is 4. The first-order valence-electron chi connectivity index (χ1n) is 8.89. The van der Waals surface area contributed by atoms with Crippen LogP contribution in [0.4, 0.5) is 4.79 Å². The third-order valence-electron chi connectivity index (χ3n) is 3.74. The van der Waals surface area contributed by atoms with Crippen LogP contribution in [-0.4, -0.2) is 44.0 Å². The molecule has 0 fully saturated rings. The van der Waals surface area contributed by atoms with Crippen molar-refractivity contribution in [2.75, 3.05) is 20.3 Å². The summed E-state index contributed by atoms with van der Waals surface area (Å²) in [5.41, 5.74) is -0.449. The summed E-state index contributed by atoms with van der Waals surface area (Å²) >= 11 is 0. The lowest BCUT2D eigenvalue weighted by molar-refractivity contribution is 0.0526. The minimum absolute atomic E-state index is 0.319. The van der Waals surface area contributed by atoms with Gasteiger partial charge < -0.3 is 20.1 Å². The Balaban J connectivity index is 4.02. The first-order chi connectivity index (χ1) is 10.7. The molecular formula is C18H38N2O3. The monoisotopic (exact) mass is 330 g/mol. The summed E-state index contributed by atoms with van der Waals surface area (Å²) in [5, 5.41) is 6.44. The lowest BCUT2D eigenvalue weighted by Gasteiger charge is -2.25. The molecule has 0 bridgehead atoms. The van der Waals surface area contributed by atoms with E-state index in [-0.39, 0.29) is 6.09 Å². The van der Waals surface area contributed by atoms with E-state index in [1.54, 1.807) is 7.11 Å². The molecular weight excluding hydrogens is 292 g/mol. The lowest BCUT2D eigenvalue weighted by atomic mass is 9.99. The van der Waals surface area contributed by atoms with Crippen molar-refractivity contribution in [3.05, 3.63) is 0 Å². The molecule has 2 N–H and O–H groups in total. The van der Waals surface area contributed by atoms with Gasteiger partial charge in [-0.2, -0.15) is 0 Å². The molecule has 0 rings (SSSR count). The predicted octanol–water partition coefficient (Wildman–Crippen LogP) is 3.72. The molecule has 0 spiro atoms. The van der Waals surface area contributed by atoms with Crippen LogP contribution in [0.5, 0.6) is 0 Å². The second kappa shape index (κ2) is 11.7. The molecule has 0 heterocycles. The van der Waals surface area contributed by atoms with Crippen LogP contribution in [0.2, 0.25) is 0 Å². The zero-order valence-electron chi connectivity index (χ0n) is 16.2. The van der Waals surface area contributed by atoms with E-state index in [4.69, 9.17) is 9.47 Å². The Morgan fingerprint density at radius 3 is 2.39 bits per heavy atom. The van der Waals surface area contributed by atoms with Crippen LogP contribution in [0, 0.1) is 5.92 Å². The summed E-state index contributed by atoms with van der Waals surface area (Å²) in [6.07, 6.45) is 3.90. The highest BCUT2D eigenvalue weighted by atomic mass is 16.6. The molecule has 1 amide bonds. The lowest BCUT2D eigenvalue weighted by Crippen LogP contribution is -2.41. The number of ether oxygens (including phenoxy) is 2. The van der Waals surface area contributed by atoms with Crippen LogP contribution < -0.4 is 10.6 Å². The van der Waals surface area contributed by atoms with E-state index in [0.717, 1.165) is 18.8 Å². The van der Waals surface area contributed by atoms with E-state index in [2.05, 4.69) is 31.4 Å². The Kier molecular flexibility index (Phi) is 11.3. The van der Waals surface area contributed by atoms with Gasteiger partial charge in [0.15, 0.2) is 0 Å². The van der Waals surface area contributed by atoms with Crippen molar-refractivity contribution >= 4 is 6.09 Å². The van der Waals surface area contributed by atoms with Crippen molar-refractivity contribution in [3.8, 4) is 0 Å². The Hall–Kier alpha value is -0.810. The second-order valence-electron chi connectivity index (χ2n) is 7.54. The molecule has 3 unspecified atom stereocenters. The average Bonchev–Trinajstić information content (AvgIpc) is 2.41. The summed E-state index contributed by atoms with van der Waals surface area (Å²) in [6.45, 7) is 13.7. The van der Waals surface area contributed by atoms with Gasteiger partial charge in [0, 0.05) is 25.7 Å². The van der Waals surface area contributed by atoms with Crippen LogP contribution in [0.15, 0.2) is 0 Å². The SMILES string of the molecule is CCC(C)CC(C)NC(CCCNC(=O)OC(C)(C)C)COC. The summed E-state index contributed by atoms with van der Waals surface area (Å²) in [4.78, 5) is 11.6. The molecule has 138 valence electrons. The van der Waals surface area contributed by atoms with Crippen molar-refractivity contribution in [3.63, 3.8) is 0 Å². The number of nitrogens with one attached hydrogen (secondary N) is 2. The fraction of sp³-hybridized carbons (Fsp3) is 0.944. The fourth-order valence-electron chi connectivity index (χ4n) is 2.51. The van der Waals surface area contributed by atoms with E-state index in [1.807, 2.05) is 20.8 Å². The Labute approximate surface area is 142 Å². The Bertz CT molecular complexity index is 316. The molecule has 0 aromatic carbocycles. The van der Waals surface area contributed by atoms with E-state index < -0.39 is 5.60 Å². The third kappa shape index (κ3) is 13.3. The minimum atomic E-state index is -0.449. The first-order valence-corrected chi connectivity index (χ1v) is 8.89. The van der Waals surface area contributed by atoms with Crippen LogP contribution in [0.3, 0.4) is 0 Å². The van der Waals surface area contributed by atoms with Crippen molar-refractivity contribution in [1.29, 1.82) is 0 Å².